The highest BCUT2D eigenvalue weighted by Gasteiger charge is 2.10. The zero-order chi connectivity index (χ0) is 16.5. The number of unbranched alkanes of at least 4 members (excludes halogenated alkanes) is 1. The Kier molecular flexibility index (Phi) is 11.0. The lowest BCUT2D eigenvalue weighted by Gasteiger charge is -2.23. The van der Waals surface area contributed by atoms with Crippen molar-refractivity contribution < 1.29 is 0 Å². The van der Waals surface area contributed by atoms with Gasteiger partial charge in [-0.3, -0.25) is 9.67 Å². The molecule has 1 unspecified atom stereocenters. The summed E-state index contributed by atoms with van der Waals surface area (Å²) in [6.07, 6.45) is 4.10. The van der Waals surface area contributed by atoms with Gasteiger partial charge in [0.1, 0.15) is 0 Å². The lowest BCUT2D eigenvalue weighted by Crippen LogP contribution is -2.41. The van der Waals surface area contributed by atoms with Gasteiger partial charge in [0.05, 0.1) is 5.69 Å². The van der Waals surface area contributed by atoms with Gasteiger partial charge in [-0.05, 0) is 38.7 Å². The third kappa shape index (κ3) is 7.85. The molecule has 23 heavy (non-hydrogen) atoms. The minimum Gasteiger partial charge on any atom is -0.356 e. The van der Waals surface area contributed by atoms with Crippen LogP contribution in [0.25, 0.3) is 0 Å². The molecule has 6 heteroatoms. The molecule has 132 valence electrons. The normalized spacial score (nSPS) is 12.5. The third-order valence-electron chi connectivity index (χ3n) is 3.67. The summed E-state index contributed by atoms with van der Waals surface area (Å²) in [5, 5.41) is 7.97. The van der Waals surface area contributed by atoms with Gasteiger partial charge in [-0.25, -0.2) is 0 Å². The number of nitrogens with one attached hydrogen (secondary N) is 1. The molecule has 0 fully saturated rings. The molecule has 0 saturated heterocycles. The smallest absolute Gasteiger partial charge is 0.193 e. The van der Waals surface area contributed by atoms with Crippen LogP contribution < -0.4 is 5.32 Å². The van der Waals surface area contributed by atoms with Gasteiger partial charge >= 0.3 is 0 Å². The number of rotatable bonds is 8. The number of halogens is 1. The topological polar surface area (TPSA) is 45.5 Å². The van der Waals surface area contributed by atoms with E-state index in [1.807, 2.05) is 20.0 Å². The first-order valence-corrected chi connectivity index (χ1v) is 8.01. The molecule has 0 amide bonds. The fourth-order valence-corrected chi connectivity index (χ4v) is 2.45. The Morgan fingerprint density at radius 1 is 1.52 bits per heavy atom. The lowest BCUT2D eigenvalue weighted by atomic mass is 10.2. The summed E-state index contributed by atoms with van der Waals surface area (Å²) >= 11 is 0. The van der Waals surface area contributed by atoms with Gasteiger partial charge in [0.2, 0.25) is 0 Å². The summed E-state index contributed by atoms with van der Waals surface area (Å²) in [7, 11) is 3.90. The van der Waals surface area contributed by atoms with Gasteiger partial charge in [0.25, 0.3) is 0 Å². The van der Waals surface area contributed by atoms with Crippen LogP contribution in [0.1, 0.15) is 31.2 Å². The van der Waals surface area contributed by atoms with E-state index in [1.165, 1.54) is 5.69 Å². The number of hydrogen-bond donors (Lipinski definition) is 1. The van der Waals surface area contributed by atoms with E-state index in [0.717, 1.165) is 44.1 Å². The number of aromatic nitrogens is 2. The molecular weight excluding hydrogens is 401 g/mol. The maximum Gasteiger partial charge on any atom is 0.193 e. The number of hydrogen-bond acceptors (Lipinski definition) is 2. The zero-order valence-electron chi connectivity index (χ0n) is 15.2. The van der Waals surface area contributed by atoms with Gasteiger partial charge < -0.3 is 10.2 Å². The molecule has 0 aromatic carbocycles. The van der Waals surface area contributed by atoms with Crippen LogP contribution in [0.5, 0.6) is 0 Å². The Morgan fingerprint density at radius 3 is 2.74 bits per heavy atom. The Labute approximate surface area is 158 Å². The predicted molar refractivity (Wildman–Crippen MR) is 110 cm³/mol. The van der Waals surface area contributed by atoms with Crippen LogP contribution in [-0.2, 0) is 6.54 Å². The summed E-state index contributed by atoms with van der Waals surface area (Å²) in [4.78, 5) is 6.52. The minimum absolute atomic E-state index is 0. The number of allylic oxidation sites excluding steroid dienone is 1. The molecule has 0 spiro atoms. The highest BCUT2D eigenvalue weighted by atomic mass is 127. The number of guanidine groups is 1. The Bertz CT molecular complexity index is 495. The molecule has 0 radical (unpaired) electrons. The second-order valence-corrected chi connectivity index (χ2v) is 5.99. The second-order valence-electron chi connectivity index (χ2n) is 5.99. The van der Waals surface area contributed by atoms with Crippen molar-refractivity contribution >= 4 is 29.9 Å². The summed E-state index contributed by atoms with van der Waals surface area (Å²) in [5.74, 6) is 1.43. The fraction of sp³-hybridized carbons (Fsp3) is 0.647. The molecule has 5 nitrogen and oxygen atoms in total. The third-order valence-corrected chi connectivity index (χ3v) is 3.67. The quantitative estimate of drug-likeness (QED) is 0.225. The van der Waals surface area contributed by atoms with Crippen LogP contribution in [0.4, 0.5) is 0 Å². The summed E-state index contributed by atoms with van der Waals surface area (Å²) in [6, 6.07) is 2.12. The number of nitrogens with zero attached hydrogens (tertiary/aromatic N) is 4. The second kappa shape index (κ2) is 11.5. The van der Waals surface area contributed by atoms with Crippen molar-refractivity contribution in [1.82, 2.24) is 20.0 Å². The van der Waals surface area contributed by atoms with Gasteiger partial charge in [-0.2, -0.15) is 5.10 Å². The zero-order valence-corrected chi connectivity index (χ0v) is 17.5. The average Bonchev–Trinajstić information content (AvgIpc) is 2.77. The maximum atomic E-state index is 4.52. The van der Waals surface area contributed by atoms with E-state index in [9.17, 15) is 0 Å². The first kappa shape index (κ1) is 21.9. The molecule has 0 saturated carbocycles. The fourth-order valence-electron chi connectivity index (χ4n) is 2.45. The van der Waals surface area contributed by atoms with Gasteiger partial charge in [-0.15, -0.1) is 30.6 Å². The molecule has 1 aromatic rings. The van der Waals surface area contributed by atoms with Crippen molar-refractivity contribution in [2.45, 2.75) is 40.2 Å². The molecule has 1 N–H and O–H groups in total. The molecule has 0 aliphatic carbocycles. The maximum absolute atomic E-state index is 4.52. The predicted octanol–water partition coefficient (Wildman–Crippen LogP) is 3.23. The summed E-state index contributed by atoms with van der Waals surface area (Å²) in [5.41, 5.74) is 2.30. The number of aryl methyl sites for hydroxylation is 2. The number of aliphatic imine (C=N–C) groups is 1. The van der Waals surface area contributed by atoms with Crippen molar-refractivity contribution in [3.63, 3.8) is 0 Å². The van der Waals surface area contributed by atoms with E-state index in [0.29, 0.717) is 5.92 Å². The Balaban J connectivity index is 0.00000484. The SMILES string of the molecule is C=CCCCN(C)C(=NC)NCC(C)Cn1nc(C)cc1C.I. The van der Waals surface area contributed by atoms with E-state index in [1.54, 1.807) is 0 Å². The van der Waals surface area contributed by atoms with Crippen LogP contribution in [0.3, 0.4) is 0 Å². The largest absolute Gasteiger partial charge is 0.356 e. The highest BCUT2D eigenvalue weighted by Crippen LogP contribution is 2.06. The summed E-state index contributed by atoms with van der Waals surface area (Å²) in [6.45, 7) is 12.9. The van der Waals surface area contributed by atoms with Gasteiger partial charge in [-0.1, -0.05) is 13.0 Å². The van der Waals surface area contributed by atoms with E-state index >= 15 is 0 Å². The van der Waals surface area contributed by atoms with Crippen molar-refractivity contribution in [2.24, 2.45) is 10.9 Å². The molecular formula is C17H32IN5. The highest BCUT2D eigenvalue weighted by molar-refractivity contribution is 14.0. The van der Waals surface area contributed by atoms with Gasteiger partial charge in [0, 0.05) is 39.4 Å². The molecule has 1 heterocycles. The average molecular weight is 433 g/mol. The van der Waals surface area contributed by atoms with Crippen molar-refractivity contribution in [1.29, 1.82) is 0 Å². The Hall–Kier alpha value is -1.05. The van der Waals surface area contributed by atoms with E-state index in [2.05, 4.69) is 58.5 Å². The van der Waals surface area contributed by atoms with Crippen LogP contribution >= 0.6 is 24.0 Å². The van der Waals surface area contributed by atoms with Crippen LogP contribution in [-0.4, -0.2) is 47.8 Å². The monoisotopic (exact) mass is 433 g/mol. The van der Waals surface area contributed by atoms with E-state index in [4.69, 9.17) is 0 Å². The first-order valence-electron chi connectivity index (χ1n) is 8.01. The van der Waals surface area contributed by atoms with E-state index < -0.39 is 0 Å². The molecule has 0 bridgehead atoms. The molecule has 1 atom stereocenters. The molecule has 1 rings (SSSR count). The van der Waals surface area contributed by atoms with Gasteiger partial charge in [0.15, 0.2) is 5.96 Å². The summed E-state index contributed by atoms with van der Waals surface area (Å²) < 4.78 is 2.08. The van der Waals surface area contributed by atoms with Crippen molar-refractivity contribution in [3.8, 4) is 0 Å². The standard InChI is InChI=1S/C17H31N5.HI/c1-7-8-9-10-21(6)17(18-5)19-12-14(2)13-22-16(4)11-15(3)20-22;/h7,11,14H,1,8-10,12-13H2,2-6H3,(H,18,19);1H. The van der Waals surface area contributed by atoms with E-state index in [-0.39, 0.29) is 24.0 Å². The lowest BCUT2D eigenvalue weighted by molar-refractivity contribution is 0.418. The van der Waals surface area contributed by atoms with Crippen LogP contribution in [0, 0.1) is 19.8 Å². The first-order chi connectivity index (χ1) is 10.5. The molecule has 0 aliphatic rings. The van der Waals surface area contributed by atoms with Crippen molar-refractivity contribution in [3.05, 3.63) is 30.1 Å². The minimum atomic E-state index is 0. The van der Waals surface area contributed by atoms with Crippen molar-refractivity contribution in [2.75, 3.05) is 27.2 Å². The Morgan fingerprint density at radius 2 is 2.22 bits per heavy atom. The van der Waals surface area contributed by atoms with Crippen LogP contribution in [0.15, 0.2) is 23.7 Å². The molecule has 1 aromatic heterocycles. The molecule has 0 aliphatic heterocycles. The van der Waals surface area contributed by atoms with Crippen LogP contribution in [0.2, 0.25) is 0 Å².